The Labute approximate surface area is 224 Å². The summed E-state index contributed by atoms with van der Waals surface area (Å²) >= 11 is -2.39. The van der Waals surface area contributed by atoms with Crippen molar-refractivity contribution in [3.05, 3.63) is 30.2 Å². The molecule has 0 radical (unpaired) electrons. The van der Waals surface area contributed by atoms with E-state index in [9.17, 15) is 9.18 Å². The van der Waals surface area contributed by atoms with Crippen LogP contribution in [0.4, 0.5) is 10.1 Å². The summed E-state index contributed by atoms with van der Waals surface area (Å²) in [6.45, 7) is 7.01. The second kappa shape index (κ2) is 8.01. The molecule has 200 valence electrons. The van der Waals surface area contributed by atoms with Gasteiger partial charge >= 0.3 is 199 Å². The standard InChI is InChI=1S/C26H32FN4O2.3CH3.Sn/c1-22(2,3)20-29-19(30-33-20)24-9-6-23(7-10-24,8-11-24)17-31(18-5-4-12-28-13-18)21(32)25-14-26(27,15-25)16-25;;;;/h5,12-13H,6-11,14-17H2,1-3H3;3*1H3;. The van der Waals surface area contributed by atoms with Crippen molar-refractivity contribution in [1.29, 1.82) is 0 Å². The van der Waals surface area contributed by atoms with Gasteiger partial charge in [-0.2, -0.15) is 0 Å². The summed E-state index contributed by atoms with van der Waals surface area (Å²) < 4.78 is 21.4. The summed E-state index contributed by atoms with van der Waals surface area (Å²) in [5, 5.41) is 4.44. The minimum absolute atomic E-state index is 0.0137. The number of hydrogen-bond donors (Lipinski definition) is 0. The average molecular weight is 615 g/mol. The quantitative estimate of drug-likeness (QED) is 0.383. The van der Waals surface area contributed by atoms with Crippen molar-refractivity contribution in [2.24, 2.45) is 10.8 Å². The monoisotopic (exact) mass is 616 g/mol. The van der Waals surface area contributed by atoms with E-state index in [1.54, 1.807) is 0 Å². The Morgan fingerprint density at radius 2 is 1.68 bits per heavy atom. The predicted molar refractivity (Wildman–Crippen MR) is 145 cm³/mol. The van der Waals surface area contributed by atoms with E-state index in [2.05, 4.69) is 51.8 Å². The number of carbonyl (C=O) groups excluding carboxylic acids is 1. The molecule has 1 amide bonds. The molecule has 4 bridgehead atoms. The molecule has 6 aliphatic carbocycles. The topological polar surface area (TPSA) is 72.1 Å². The minimum atomic E-state index is -2.39. The number of carbonyl (C=O) groups is 1. The number of amides is 1. The molecule has 37 heavy (non-hydrogen) atoms. The first kappa shape index (κ1) is 25.7. The van der Waals surface area contributed by atoms with Crippen LogP contribution < -0.4 is 8.48 Å². The van der Waals surface area contributed by atoms with Gasteiger partial charge in [0.1, 0.15) is 0 Å². The molecule has 8 rings (SSSR count). The molecule has 0 atom stereocenters. The number of aromatic nitrogens is 3. The van der Waals surface area contributed by atoms with E-state index in [1.807, 2.05) is 17.3 Å². The fourth-order valence-electron chi connectivity index (χ4n) is 7.36. The van der Waals surface area contributed by atoms with Crippen LogP contribution in [0.25, 0.3) is 0 Å². The summed E-state index contributed by atoms with van der Waals surface area (Å²) in [5.41, 5.74) is -0.765. The van der Waals surface area contributed by atoms with Crippen molar-refractivity contribution in [3.8, 4) is 0 Å². The average Bonchev–Trinajstić information content (AvgIpc) is 3.32. The second-order valence-corrected chi connectivity index (χ2v) is 29.5. The van der Waals surface area contributed by atoms with Gasteiger partial charge in [0.15, 0.2) is 0 Å². The van der Waals surface area contributed by atoms with Gasteiger partial charge in [-0.25, -0.2) is 0 Å². The molecule has 2 aromatic heterocycles. The maximum atomic E-state index is 14.5. The number of fused-ring (bicyclic) bond motifs is 3. The zero-order valence-electron chi connectivity index (χ0n) is 23.3. The maximum absolute atomic E-state index is 14.5. The van der Waals surface area contributed by atoms with Crippen LogP contribution in [0.2, 0.25) is 14.8 Å². The molecule has 2 aromatic rings. The molecule has 8 heteroatoms. The molecule has 6 aliphatic rings. The number of pyridine rings is 1. The van der Waals surface area contributed by atoms with Crippen molar-refractivity contribution >= 4 is 33.6 Å². The van der Waals surface area contributed by atoms with Crippen LogP contribution in [0.3, 0.4) is 0 Å². The van der Waals surface area contributed by atoms with Crippen molar-refractivity contribution in [2.75, 3.05) is 11.4 Å². The molecule has 6 nitrogen and oxygen atoms in total. The number of alkyl halides is 1. The van der Waals surface area contributed by atoms with Gasteiger partial charge < -0.3 is 0 Å². The Hall–Kier alpha value is -1.51. The van der Waals surface area contributed by atoms with Gasteiger partial charge in [0.25, 0.3) is 0 Å². The van der Waals surface area contributed by atoms with Crippen molar-refractivity contribution in [2.45, 2.75) is 110 Å². The van der Waals surface area contributed by atoms with Gasteiger partial charge in [0.2, 0.25) is 0 Å². The molecule has 6 fully saturated rings. The Morgan fingerprint density at radius 1 is 1.05 bits per heavy atom. The first-order valence-electron chi connectivity index (χ1n) is 14.0. The van der Waals surface area contributed by atoms with Gasteiger partial charge in [-0.15, -0.1) is 0 Å². The van der Waals surface area contributed by atoms with Crippen LogP contribution in [-0.4, -0.2) is 51.6 Å². The Kier molecular flexibility index (Phi) is 5.57. The van der Waals surface area contributed by atoms with Crippen molar-refractivity contribution < 1.29 is 13.7 Å². The first-order valence-corrected chi connectivity index (χ1v) is 24.0. The zero-order valence-corrected chi connectivity index (χ0v) is 26.1. The Bertz CT molecular complexity index is 1200. The normalized spacial score (nSPS) is 34.6. The summed E-state index contributed by atoms with van der Waals surface area (Å²) in [7, 11) is 0. The fourth-order valence-corrected chi connectivity index (χ4v) is 10.3. The number of anilines is 1. The van der Waals surface area contributed by atoms with Gasteiger partial charge in [-0.3, -0.25) is 0 Å². The van der Waals surface area contributed by atoms with E-state index in [-0.39, 0.29) is 22.2 Å². The molecule has 6 saturated carbocycles. The molecule has 0 aliphatic heterocycles. The van der Waals surface area contributed by atoms with E-state index in [0.717, 1.165) is 50.0 Å². The summed E-state index contributed by atoms with van der Waals surface area (Å²) in [6.07, 6.45) is 11.2. The van der Waals surface area contributed by atoms with Crippen molar-refractivity contribution in [3.63, 3.8) is 0 Å². The number of nitrogens with zero attached hydrogens (tertiary/aromatic N) is 4. The predicted octanol–water partition coefficient (Wildman–Crippen LogP) is 5.82. The summed E-state index contributed by atoms with van der Waals surface area (Å²) in [4.78, 5) is 32.6. The van der Waals surface area contributed by atoms with Crippen LogP contribution in [-0.2, 0) is 15.6 Å². The van der Waals surface area contributed by atoms with E-state index in [4.69, 9.17) is 9.51 Å². The summed E-state index contributed by atoms with van der Waals surface area (Å²) in [6, 6.07) is 2.22. The third kappa shape index (κ3) is 4.17. The van der Waals surface area contributed by atoms with E-state index < -0.39 is 29.5 Å². The second-order valence-electron chi connectivity index (χ2n) is 15.0. The van der Waals surface area contributed by atoms with Crippen molar-refractivity contribution in [1.82, 2.24) is 15.1 Å². The van der Waals surface area contributed by atoms with Gasteiger partial charge in [0, 0.05) is 5.41 Å². The molecular formula is C29H41FN4O2Sn. The summed E-state index contributed by atoms with van der Waals surface area (Å²) in [5.74, 6) is 1.70. The van der Waals surface area contributed by atoms with Gasteiger partial charge in [0.05, 0.1) is 0 Å². The van der Waals surface area contributed by atoms with Gasteiger partial charge in [-0.05, 0) is 0 Å². The van der Waals surface area contributed by atoms with E-state index in [1.165, 1.54) is 3.58 Å². The molecule has 0 unspecified atom stereocenters. The molecule has 0 aromatic carbocycles. The molecule has 2 heterocycles. The van der Waals surface area contributed by atoms with Gasteiger partial charge in [-0.1, -0.05) is 20.8 Å². The van der Waals surface area contributed by atoms with E-state index >= 15 is 0 Å². The molecular weight excluding hydrogens is 574 g/mol. The van der Waals surface area contributed by atoms with Crippen LogP contribution in [0, 0.1) is 10.8 Å². The SMILES string of the molecule is CC(C)(C)c1nc(C23CCC(CN(C(=O)C45CC(F)(C4)C5)c4cnc[c]([Sn]([CH3])([CH3])[CH3])c4)(CC2)CC3)no1. The van der Waals surface area contributed by atoms with E-state index in [0.29, 0.717) is 31.7 Å². The Morgan fingerprint density at radius 3 is 2.19 bits per heavy atom. The number of hydrogen-bond acceptors (Lipinski definition) is 5. The molecule has 0 N–H and O–H groups in total. The third-order valence-electron chi connectivity index (χ3n) is 10.0. The zero-order chi connectivity index (χ0) is 26.5. The van der Waals surface area contributed by atoms with Crippen LogP contribution in [0.1, 0.15) is 90.3 Å². The molecule has 0 spiro atoms. The van der Waals surface area contributed by atoms with Crippen LogP contribution in [0.5, 0.6) is 0 Å². The first-order chi connectivity index (χ1) is 17.2. The number of halogens is 1. The fraction of sp³-hybridized carbons (Fsp3) is 0.724. The third-order valence-corrected chi connectivity index (χ3v) is 15.7. The van der Waals surface area contributed by atoms with Crippen LogP contribution in [0.15, 0.2) is 23.0 Å². The Balaban J connectivity index is 1.26. The van der Waals surface area contributed by atoms with Crippen LogP contribution >= 0.6 is 0 Å². The molecule has 0 saturated heterocycles. The number of rotatable bonds is 6.